The average Bonchev–Trinajstić information content (AvgIpc) is 2.83. The van der Waals surface area contributed by atoms with Gasteiger partial charge in [0.2, 0.25) is 0 Å². The first-order chi connectivity index (χ1) is 15.6. The summed E-state index contributed by atoms with van der Waals surface area (Å²) in [7, 11) is 1.78. The fourth-order valence-electron chi connectivity index (χ4n) is 5.24. The Morgan fingerprint density at radius 3 is 2.56 bits per heavy atom. The zero-order valence-electron chi connectivity index (χ0n) is 19.3. The van der Waals surface area contributed by atoms with E-state index in [1.807, 2.05) is 12.1 Å². The Morgan fingerprint density at radius 2 is 1.81 bits per heavy atom. The number of ether oxygens (including phenoxy) is 1. The fraction of sp³-hybridized carbons (Fsp3) is 0.538. The highest BCUT2D eigenvalue weighted by Gasteiger charge is 2.26. The molecule has 0 N–H and O–H groups in total. The highest BCUT2D eigenvalue weighted by Crippen LogP contribution is 2.33. The van der Waals surface area contributed by atoms with E-state index in [0.29, 0.717) is 16.1 Å². The third kappa shape index (κ3) is 5.36. The summed E-state index contributed by atoms with van der Waals surface area (Å²) in [5.74, 6) is 1.06. The summed E-state index contributed by atoms with van der Waals surface area (Å²) < 4.78 is 5.60. The van der Waals surface area contributed by atoms with Crippen LogP contribution in [0.25, 0.3) is 0 Å². The molecule has 0 radical (unpaired) electrons. The van der Waals surface area contributed by atoms with Crippen molar-refractivity contribution in [1.82, 2.24) is 9.80 Å². The Kier molecular flexibility index (Phi) is 8.22. The van der Waals surface area contributed by atoms with Crippen LogP contribution in [0.1, 0.15) is 30.9 Å². The van der Waals surface area contributed by atoms with Crippen LogP contribution in [0, 0.1) is 0 Å². The van der Waals surface area contributed by atoms with Gasteiger partial charge in [-0.15, -0.1) is 0 Å². The lowest BCUT2D eigenvalue weighted by molar-refractivity contribution is 0.145. The number of hydrogen-bond acceptors (Lipinski definition) is 4. The fourth-order valence-corrected chi connectivity index (χ4v) is 5.65. The first-order valence-corrected chi connectivity index (χ1v) is 12.7. The number of hydrogen-bond donors (Lipinski definition) is 0. The van der Waals surface area contributed by atoms with Gasteiger partial charge in [0.05, 0.1) is 22.8 Å². The summed E-state index contributed by atoms with van der Waals surface area (Å²) in [5, 5.41) is 1.31. The lowest BCUT2D eigenvalue weighted by Crippen LogP contribution is -2.50. The maximum absolute atomic E-state index is 6.44. The maximum Gasteiger partial charge on any atom is 0.122 e. The highest BCUT2D eigenvalue weighted by molar-refractivity contribution is 6.43. The lowest BCUT2D eigenvalue weighted by atomic mass is 9.86. The van der Waals surface area contributed by atoms with E-state index < -0.39 is 0 Å². The van der Waals surface area contributed by atoms with Crippen molar-refractivity contribution in [1.29, 1.82) is 0 Å². The number of fused-ring (bicyclic) bond motifs is 1. The Balaban J connectivity index is 1.31. The topological polar surface area (TPSA) is 19.0 Å². The molecular weight excluding hydrogens is 441 g/mol. The predicted molar refractivity (Wildman–Crippen MR) is 136 cm³/mol. The van der Waals surface area contributed by atoms with Crippen LogP contribution in [-0.2, 0) is 12.8 Å². The van der Waals surface area contributed by atoms with Crippen LogP contribution >= 0.6 is 23.2 Å². The van der Waals surface area contributed by atoms with Gasteiger partial charge in [0.1, 0.15) is 5.75 Å². The third-order valence-electron chi connectivity index (χ3n) is 7.01. The van der Waals surface area contributed by atoms with Gasteiger partial charge in [-0.25, -0.2) is 0 Å². The molecule has 1 heterocycles. The van der Waals surface area contributed by atoms with Crippen molar-refractivity contribution < 1.29 is 4.74 Å². The second kappa shape index (κ2) is 11.1. The molecular formula is C26H35Cl2N3O. The summed E-state index contributed by atoms with van der Waals surface area (Å²) in [5.41, 5.74) is 3.94. The van der Waals surface area contributed by atoms with Gasteiger partial charge in [-0.05, 0) is 61.6 Å². The summed E-state index contributed by atoms with van der Waals surface area (Å²) in [6, 6.07) is 13.1. The first-order valence-electron chi connectivity index (χ1n) is 11.9. The molecule has 6 heteroatoms. The van der Waals surface area contributed by atoms with Gasteiger partial charge in [-0.2, -0.15) is 0 Å². The molecule has 1 aliphatic heterocycles. The molecule has 4 nitrogen and oxygen atoms in total. The van der Waals surface area contributed by atoms with Crippen molar-refractivity contribution in [3.8, 4) is 5.75 Å². The molecule has 2 aromatic rings. The summed E-state index contributed by atoms with van der Waals surface area (Å²) >= 11 is 12.7. The number of nitrogens with zero attached hydrogens (tertiary/aromatic N) is 3. The molecule has 32 heavy (non-hydrogen) atoms. The first kappa shape index (κ1) is 23.7. The van der Waals surface area contributed by atoms with Crippen molar-refractivity contribution in [3.05, 3.63) is 57.6 Å². The van der Waals surface area contributed by atoms with Crippen molar-refractivity contribution in [3.63, 3.8) is 0 Å². The molecule has 0 saturated carbocycles. The molecule has 0 spiro atoms. The van der Waals surface area contributed by atoms with Gasteiger partial charge < -0.3 is 9.64 Å². The Morgan fingerprint density at radius 1 is 1.03 bits per heavy atom. The zero-order chi connectivity index (χ0) is 22.5. The highest BCUT2D eigenvalue weighted by atomic mass is 35.5. The molecule has 0 bridgehead atoms. The number of methoxy groups -OCH3 is 1. The summed E-state index contributed by atoms with van der Waals surface area (Å²) in [6.45, 7) is 9.83. The van der Waals surface area contributed by atoms with Crippen LogP contribution in [0.3, 0.4) is 0 Å². The van der Waals surface area contributed by atoms with Crippen LogP contribution in [0.2, 0.25) is 10.0 Å². The van der Waals surface area contributed by atoms with Gasteiger partial charge in [0, 0.05) is 45.3 Å². The van der Waals surface area contributed by atoms with Crippen molar-refractivity contribution in [2.75, 3.05) is 57.8 Å². The molecule has 1 aliphatic carbocycles. The predicted octanol–water partition coefficient (Wildman–Crippen LogP) is 5.39. The number of halogens is 2. The van der Waals surface area contributed by atoms with E-state index in [-0.39, 0.29) is 0 Å². The standard InChI is InChI=1S/C26H35Cl2N3O/c1-3-12-30(21-10-11-22-20(19-21)6-4-9-25(22)32-2)16-13-29-14-17-31(18-15-29)24-8-5-7-23(27)26(24)28/h4-9,21H,3,10-19H2,1-2H3. The van der Waals surface area contributed by atoms with E-state index in [1.54, 1.807) is 7.11 Å². The van der Waals surface area contributed by atoms with Gasteiger partial charge in [0.15, 0.2) is 0 Å². The Bertz CT molecular complexity index is 899. The smallest absolute Gasteiger partial charge is 0.122 e. The molecule has 0 amide bonds. The number of piperazine rings is 1. The van der Waals surface area contributed by atoms with E-state index in [4.69, 9.17) is 27.9 Å². The Hall–Kier alpha value is -1.46. The average molecular weight is 476 g/mol. The monoisotopic (exact) mass is 475 g/mol. The van der Waals surface area contributed by atoms with Crippen LogP contribution in [0.4, 0.5) is 5.69 Å². The van der Waals surface area contributed by atoms with E-state index in [0.717, 1.165) is 63.5 Å². The van der Waals surface area contributed by atoms with E-state index in [9.17, 15) is 0 Å². The quantitative estimate of drug-likeness (QED) is 0.508. The molecule has 4 rings (SSSR count). The maximum atomic E-state index is 6.44. The van der Waals surface area contributed by atoms with Crippen LogP contribution in [0.15, 0.2) is 36.4 Å². The number of rotatable bonds is 8. The van der Waals surface area contributed by atoms with Gasteiger partial charge >= 0.3 is 0 Å². The lowest BCUT2D eigenvalue weighted by Gasteiger charge is -2.39. The molecule has 2 aromatic carbocycles. The van der Waals surface area contributed by atoms with Crippen molar-refractivity contribution in [2.24, 2.45) is 0 Å². The SMILES string of the molecule is CCCN(CCN1CCN(c2cccc(Cl)c2Cl)CC1)C1CCc2c(cccc2OC)C1. The van der Waals surface area contributed by atoms with Crippen LogP contribution in [-0.4, -0.2) is 68.8 Å². The van der Waals surface area contributed by atoms with Gasteiger partial charge in [-0.1, -0.05) is 48.3 Å². The second-order valence-corrected chi connectivity index (χ2v) is 9.72. The molecule has 1 saturated heterocycles. The normalized spacial score (nSPS) is 19.3. The Labute approximate surface area is 203 Å². The molecule has 2 aliphatic rings. The second-order valence-electron chi connectivity index (χ2n) is 8.93. The van der Waals surface area contributed by atoms with Gasteiger partial charge in [-0.3, -0.25) is 9.80 Å². The van der Waals surface area contributed by atoms with E-state index >= 15 is 0 Å². The largest absolute Gasteiger partial charge is 0.496 e. The summed E-state index contributed by atoms with van der Waals surface area (Å²) in [6.07, 6.45) is 4.66. The van der Waals surface area contributed by atoms with E-state index in [1.165, 1.54) is 30.5 Å². The minimum atomic E-state index is 0.626. The minimum Gasteiger partial charge on any atom is -0.496 e. The number of benzene rings is 2. The molecule has 1 atom stereocenters. The van der Waals surface area contributed by atoms with Crippen molar-refractivity contribution >= 4 is 28.9 Å². The molecule has 0 aromatic heterocycles. The molecule has 1 fully saturated rings. The zero-order valence-corrected chi connectivity index (χ0v) is 20.8. The van der Waals surface area contributed by atoms with Crippen molar-refractivity contribution in [2.45, 2.75) is 38.6 Å². The third-order valence-corrected chi connectivity index (χ3v) is 7.82. The van der Waals surface area contributed by atoms with E-state index in [2.05, 4.69) is 45.9 Å². The molecule has 1 unspecified atom stereocenters. The summed E-state index contributed by atoms with van der Waals surface area (Å²) in [4.78, 5) is 7.68. The van der Waals surface area contributed by atoms with Crippen LogP contribution in [0.5, 0.6) is 5.75 Å². The van der Waals surface area contributed by atoms with Crippen LogP contribution < -0.4 is 9.64 Å². The number of anilines is 1. The molecule has 174 valence electrons. The minimum absolute atomic E-state index is 0.626. The van der Waals surface area contributed by atoms with Gasteiger partial charge in [0.25, 0.3) is 0 Å².